The Morgan fingerprint density at radius 2 is 2.12 bits per heavy atom. The van der Waals surface area contributed by atoms with Crippen molar-refractivity contribution in [2.45, 2.75) is 72.3 Å². The maximum absolute atomic E-state index is 3.73. The van der Waals surface area contributed by atoms with Gasteiger partial charge < -0.3 is 5.32 Å². The van der Waals surface area contributed by atoms with E-state index in [0.717, 1.165) is 18.9 Å². The first-order chi connectivity index (χ1) is 8.11. The molecule has 0 aliphatic heterocycles. The molecule has 17 heavy (non-hydrogen) atoms. The maximum Gasteiger partial charge on any atom is 0.0246 e. The van der Waals surface area contributed by atoms with Gasteiger partial charge in [0.15, 0.2) is 0 Å². The molecule has 1 rings (SSSR count). The van der Waals surface area contributed by atoms with Gasteiger partial charge in [-0.2, -0.15) is 0 Å². The Balaban J connectivity index is 2.67. The second-order valence-electron chi connectivity index (χ2n) is 6.03. The zero-order valence-electron chi connectivity index (χ0n) is 12.1. The van der Waals surface area contributed by atoms with E-state index in [-0.39, 0.29) is 0 Å². The fraction of sp³-hybridized carbons (Fsp3) is 0.875. The van der Waals surface area contributed by atoms with E-state index < -0.39 is 0 Å². The minimum Gasteiger partial charge on any atom is -0.313 e. The van der Waals surface area contributed by atoms with Crippen LogP contribution in [0.15, 0.2) is 0 Å². The van der Waals surface area contributed by atoms with Gasteiger partial charge in [-0.1, -0.05) is 33.6 Å². The largest absolute Gasteiger partial charge is 0.313 e. The summed E-state index contributed by atoms with van der Waals surface area (Å²) in [7, 11) is 0. The molecule has 0 aromatic rings. The Morgan fingerprint density at radius 3 is 2.71 bits per heavy atom. The van der Waals surface area contributed by atoms with Gasteiger partial charge in [-0.25, -0.2) is 0 Å². The van der Waals surface area contributed by atoms with Crippen LogP contribution in [0, 0.1) is 23.2 Å². The van der Waals surface area contributed by atoms with E-state index in [1.807, 2.05) is 6.92 Å². The average Bonchev–Trinajstić information content (AvgIpc) is 2.30. The predicted molar refractivity (Wildman–Crippen MR) is 75.9 cm³/mol. The maximum atomic E-state index is 3.73. The highest BCUT2D eigenvalue weighted by atomic mass is 14.9. The molecule has 0 bridgehead atoms. The summed E-state index contributed by atoms with van der Waals surface area (Å²) in [5.74, 6) is 7.13. The molecule has 1 saturated carbocycles. The van der Waals surface area contributed by atoms with Crippen molar-refractivity contribution in [3.8, 4) is 11.8 Å². The van der Waals surface area contributed by atoms with E-state index in [4.69, 9.17) is 0 Å². The Morgan fingerprint density at radius 1 is 1.35 bits per heavy atom. The molecule has 1 N–H and O–H groups in total. The minimum atomic E-state index is 0.485. The first kappa shape index (κ1) is 14.6. The average molecular weight is 235 g/mol. The standard InChI is InChI=1S/C16H29N/c1-5-7-11-15(17-13-6-2)14-10-8-9-12-16(14,3)4/h14-15,17H,6,8-13H2,1-4H3. The summed E-state index contributed by atoms with van der Waals surface area (Å²) in [6, 6.07) is 0.595. The Kier molecular flexibility index (Phi) is 6.06. The number of hydrogen-bond acceptors (Lipinski definition) is 1. The summed E-state index contributed by atoms with van der Waals surface area (Å²) in [6.07, 6.45) is 7.79. The number of hydrogen-bond donors (Lipinski definition) is 1. The van der Waals surface area contributed by atoms with Crippen molar-refractivity contribution in [3.05, 3.63) is 0 Å². The van der Waals surface area contributed by atoms with Gasteiger partial charge in [-0.15, -0.1) is 11.8 Å². The van der Waals surface area contributed by atoms with Crippen LogP contribution in [0.4, 0.5) is 0 Å². The molecule has 0 radical (unpaired) electrons. The molecular weight excluding hydrogens is 206 g/mol. The Labute approximate surface area is 108 Å². The lowest BCUT2D eigenvalue weighted by Crippen LogP contribution is -2.44. The molecule has 1 nitrogen and oxygen atoms in total. The van der Waals surface area contributed by atoms with Crippen LogP contribution in [0.25, 0.3) is 0 Å². The summed E-state index contributed by atoms with van der Waals surface area (Å²) < 4.78 is 0. The summed E-state index contributed by atoms with van der Waals surface area (Å²) in [5.41, 5.74) is 0.485. The summed E-state index contributed by atoms with van der Waals surface area (Å²) in [5, 5.41) is 3.73. The first-order valence-electron chi connectivity index (χ1n) is 7.24. The van der Waals surface area contributed by atoms with E-state index in [1.165, 1.54) is 32.1 Å². The zero-order chi connectivity index (χ0) is 12.7. The molecule has 0 heterocycles. The van der Waals surface area contributed by atoms with Crippen LogP contribution in [-0.2, 0) is 0 Å². The zero-order valence-corrected chi connectivity index (χ0v) is 12.1. The van der Waals surface area contributed by atoms with Gasteiger partial charge in [0.05, 0.1) is 0 Å². The molecule has 0 aromatic heterocycles. The normalized spacial score (nSPS) is 24.8. The molecule has 1 fully saturated rings. The second-order valence-corrected chi connectivity index (χ2v) is 6.03. The molecule has 1 aliphatic carbocycles. The molecule has 1 heteroatoms. The van der Waals surface area contributed by atoms with E-state index in [9.17, 15) is 0 Å². The molecular formula is C16H29N. The molecule has 0 amide bonds. The third-order valence-corrected chi connectivity index (χ3v) is 4.23. The molecule has 0 spiro atoms. The highest BCUT2D eigenvalue weighted by Gasteiger charge is 2.36. The van der Waals surface area contributed by atoms with Crippen molar-refractivity contribution < 1.29 is 0 Å². The first-order valence-corrected chi connectivity index (χ1v) is 7.24. The fourth-order valence-corrected chi connectivity index (χ4v) is 3.17. The van der Waals surface area contributed by atoms with Crippen LogP contribution in [0.3, 0.4) is 0 Å². The highest BCUT2D eigenvalue weighted by Crippen LogP contribution is 2.42. The van der Waals surface area contributed by atoms with E-state index >= 15 is 0 Å². The Bertz CT molecular complexity index is 269. The molecule has 0 saturated heterocycles. The van der Waals surface area contributed by atoms with E-state index in [2.05, 4.69) is 37.9 Å². The van der Waals surface area contributed by atoms with Crippen LogP contribution in [0.2, 0.25) is 0 Å². The third-order valence-electron chi connectivity index (χ3n) is 4.23. The monoisotopic (exact) mass is 235 g/mol. The lowest BCUT2D eigenvalue weighted by molar-refractivity contribution is 0.0998. The van der Waals surface area contributed by atoms with Crippen LogP contribution in [0.1, 0.15) is 66.2 Å². The smallest absolute Gasteiger partial charge is 0.0246 e. The topological polar surface area (TPSA) is 12.0 Å². The van der Waals surface area contributed by atoms with Gasteiger partial charge >= 0.3 is 0 Å². The van der Waals surface area contributed by atoms with Crippen molar-refractivity contribution in [3.63, 3.8) is 0 Å². The fourth-order valence-electron chi connectivity index (χ4n) is 3.17. The van der Waals surface area contributed by atoms with Crippen LogP contribution in [0.5, 0.6) is 0 Å². The van der Waals surface area contributed by atoms with Gasteiger partial charge in [0, 0.05) is 12.5 Å². The molecule has 1 aliphatic rings. The summed E-state index contributed by atoms with van der Waals surface area (Å²) in [4.78, 5) is 0. The van der Waals surface area contributed by atoms with Gasteiger partial charge in [-0.05, 0) is 44.1 Å². The van der Waals surface area contributed by atoms with Crippen molar-refractivity contribution in [2.24, 2.45) is 11.3 Å². The molecule has 0 aromatic carbocycles. The lowest BCUT2D eigenvalue weighted by Gasteiger charge is -2.43. The van der Waals surface area contributed by atoms with Crippen LogP contribution < -0.4 is 5.32 Å². The van der Waals surface area contributed by atoms with Crippen molar-refractivity contribution in [2.75, 3.05) is 6.54 Å². The second kappa shape index (κ2) is 7.07. The Hall–Kier alpha value is -0.480. The number of rotatable bonds is 5. The molecule has 2 unspecified atom stereocenters. The van der Waals surface area contributed by atoms with Gasteiger partial charge in [0.2, 0.25) is 0 Å². The van der Waals surface area contributed by atoms with E-state index in [1.54, 1.807) is 0 Å². The van der Waals surface area contributed by atoms with Crippen molar-refractivity contribution in [1.29, 1.82) is 0 Å². The van der Waals surface area contributed by atoms with Crippen molar-refractivity contribution in [1.82, 2.24) is 5.32 Å². The van der Waals surface area contributed by atoms with Crippen LogP contribution in [-0.4, -0.2) is 12.6 Å². The van der Waals surface area contributed by atoms with Gasteiger partial charge in [-0.3, -0.25) is 0 Å². The highest BCUT2D eigenvalue weighted by molar-refractivity contribution is 5.02. The van der Waals surface area contributed by atoms with E-state index in [0.29, 0.717) is 11.5 Å². The molecule has 2 atom stereocenters. The quantitative estimate of drug-likeness (QED) is 0.711. The van der Waals surface area contributed by atoms with Gasteiger partial charge in [0.25, 0.3) is 0 Å². The van der Waals surface area contributed by atoms with Crippen LogP contribution >= 0.6 is 0 Å². The van der Waals surface area contributed by atoms with Gasteiger partial charge in [0.1, 0.15) is 0 Å². The predicted octanol–water partition coefficient (Wildman–Crippen LogP) is 3.98. The molecule has 98 valence electrons. The summed E-state index contributed by atoms with van der Waals surface area (Å²) in [6.45, 7) is 10.2. The SMILES string of the molecule is CC#CCC(NCCC)C1CCCCC1(C)C. The summed E-state index contributed by atoms with van der Waals surface area (Å²) >= 11 is 0. The third kappa shape index (κ3) is 4.36. The van der Waals surface area contributed by atoms with Crippen molar-refractivity contribution >= 4 is 0 Å². The minimum absolute atomic E-state index is 0.485. The lowest BCUT2D eigenvalue weighted by atomic mass is 9.65. The number of nitrogens with one attached hydrogen (secondary N) is 1.